The zero-order chi connectivity index (χ0) is 18.1. The number of carbonyl (C=O) groups is 1. The maximum Gasteiger partial charge on any atom is 0.407 e. The molecule has 0 saturated heterocycles. The number of alkyl carbamates (subject to hydrolysis) is 1. The summed E-state index contributed by atoms with van der Waals surface area (Å²) >= 11 is 0. The Morgan fingerprint density at radius 3 is 2.46 bits per heavy atom. The van der Waals surface area contributed by atoms with Crippen LogP contribution >= 0.6 is 0 Å². The maximum absolute atomic E-state index is 11.9. The molecule has 1 aliphatic carbocycles. The molecular weight excluding hydrogens is 304 g/mol. The highest BCUT2D eigenvalue weighted by Crippen LogP contribution is 2.34. The Hall–Kier alpha value is -1.56. The monoisotopic (exact) mass is 336 g/mol. The van der Waals surface area contributed by atoms with E-state index in [0.29, 0.717) is 12.5 Å². The smallest absolute Gasteiger partial charge is 0.407 e. The topological polar surface area (TPSA) is 68.2 Å². The van der Waals surface area contributed by atoms with Crippen molar-refractivity contribution >= 4 is 6.09 Å². The predicted octanol–water partition coefficient (Wildman–Crippen LogP) is 2.99. The van der Waals surface area contributed by atoms with Gasteiger partial charge >= 0.3 is 6.09 Å². The molecule has 0 aliphatic heterocycles. The number of aryl methyl sites for hydroxylation is 2. The first kappa shape index (κ1) is 18.8. The quantitative estimate of drug-likeness (QED) is 0.838. The first-order valence-electron chi connectivity index (χ1n) is 8.81. The van der Waals surface area contributed by atoms with Crippen LogP contribution < -0.4 is 10.6 Å². The molecule has 2 rings (SSSR count). The summed E-state index contributed by atoms with van der Waals surface area (Å²) in [6.07, 6.45) is 2.08. The minimum atomic E-state index is -0.468. The van der Waals surface area contributed by atoms with Crippen LogP contribution in [0.3, 0.4) is 0 Å². The summed E-state index contributed by atoms with van der Waals surface area (Å²) in [7, 11) is 1.97. The van der Waals surface area contributed by atoms with Crippen LogP contribution in [-0.4, -0.2) is 34.1 Å². The van der Waals surface area contributed by atoms with E-state index in [4.69, 9.17) is 4.74 Å². The number of rotatable bonds is 6. The van der Waals surface area contributed by atoms with Crippen molar-refractivity contribution in [3.05, 3.63) is 17.0 Å². The summed E-state index contributed by atoms with van der Waals surface area (Å²) in [6, 6.07) is 0.455. The van der Waals surface area contributed by atoms with Gasteiger partial charge in [-0.2, -0.15) is 5.10 Å². The highest BCUT2D eigenvalue weighted by atomic mass is 16.6. The second-order valence-electron chi connectivity index (χ2n) is 7.92. The van der Waals surface area contributed by atoms with E-state index < -0.39 is 5.60 Å². The summed E-state index contributed by atoms with van der Waals surface area (Å²) in [5, 5.41) is 11.1. The van der Waals surface area contributed by atoms with E-state index >= 15 is 0 Å². The molecule has 1 amide bonds. The summed E-state index contributed by atoms with van der Waals surface area (Å²) in [4.78, 5) is 11.9. The predicted molar refractivity (Wildman–Crippen MR) is 95.0 cm³/mol. The molecule has 1 heterocycles. The van der Waals surface area contributed by atoms with E-state index in [0.717, 1.165) is 5.69 Å². The average Bonchev–Trinajstić information content (AvgIpc) is 3.22. The molecule has 0 aromatic carbocycles. The number of hydrogen-bond acceptors (Lipinski definition) is 4. The van der Waals surface area contributed by atoms with Crippen LogP contribution in [0, 0.1) is 19.8 Å². The molecule has 24 heavy (non-hydrogen) atoms. The third kappa shape index (κ3) is 4.97. The second kappa shape index (κ2) is 7.13. The first-order chi connectivity index (χ1) is 11.1. The Labute approximate surface area is 145 Å². The number of nitrogens with one attached hydrogen (secondary N) is 2. The van der Waals surface area contributed by atoms with E-state index in [1.54, 1.807) is 0 Å². The van der Waals surface area contributed by atoms with Gasteiger partial charge in [0.2, 0.25) is 0 Å². The van der Waals surface area contributed by atoms with Crippen LogP contribution in [0.4, 0.5) is 4.79 Å². The summed E-state index contributed by atoms with van der Waals surface area (Å²) in [5.41, 5.74) is 3.02. The lowest BCUT2D eigenvalue weighted by atomic mass is 10.0. The Morgan fingerprint density at radius 2 is 2.00 bits per heavy atom. The minimum absolute atomic E-state index is 0.199. The van der Waals surface area contributed by atoms with Crippen LogP contribution in [-0.2, 0) is 11.8 Å². The van der Waals surface area contributed by atoms with Crippen LogP contribution in [0.5, 0.6) is 0 Å². The van der Waals surface area contributed by atoms with Gasteiger partial charge < -0.3 is 15.4 Å². The van der Waals surface area contributed by atoms with Gasteiger partial charge in [-0.05, 0) is 60.3 Å². The molecule has 1 saturated carbocycles. The lowest BCUT2D eigenvalue weighted by Gasteiger charge is -2.25. The molecule has 0 radical (unpaired) electrons. The molecule has 0 spiro atoms. The molecule has 1 aliphatic rings. The molecule has 6 heteroatoms. The number of ether oxygens (including phenoxy) is 1. The Morgan fingerprint density at radius 1 is 1.38 bits per heavy atom. The highest BCUT2D eigenvalue weighted by Gasteiger charge is 2.33. The van der Waals surface area contributed by atoms with E-state index in [2.05, 4.69) is 29.6 Å². The summed E-state index contributed by atoms with van der Waals surface area (Å²) < 4.78 is 7.25. The zero-order valence-corrected chi connectivity index (χ0v) is 16.1. The fourth-order valence-electron chi connectivity index (χ4n) is 3.19. The van der Waals surface area contributed by atoms with Crippen molar-refractivity contribution in [3.63, 3.8) is 0 Å². The highest BCUT2D eigenvalue weighted by molar-refractivity contribution is 5.67. The van der Waals surface area contributed by atoms with Gasteiger partial charge in [0.15, 0.2) is 0 Å². The van der Waals surface area contributed by atoms with E-state index in [1.165, 1.54) is 24.1 Å². The average molecular weight is 336 g/mol. The molecule has 1 fully saturated rings. The summed E-state index contributed by atoms with van der Waals surface area (Å²) in [6.45, 7) is 12.5. The molecule has 0 bridgehead atoms. The zero-order valence-electron chi connectivity index (χ0n) is 16.1. The van der Waals surface area contributed by atoms with Gasteiger partial charge in [-0.25, -0.2) is 4.79 Å². The molecule has 136 valence electrons. The fourth-order valence-corrected chi connectivity index (χ4v) is 3.19. The van der Waals surface area contributed by atoms with Crippen molar-refractivity contribution in [2.75, 3.05) is 6.54 Å². The van der Waals surface area contributed by atoms with Crippen LogP contribution in [0.1, 0.15) is 63.5 Å². The minimum Gasteiger partial charge on any atom is -0.444 e. The van der Waals surface area contributed by atoms with Gasteiger partial charge in [0.25, 0.3) is 0 Å². The lowest BCUT2D eigenvalue weighted by Crippen LogP contribution is -2.44. The van der Waals surface area contributed by atoms with Gasteiger partial charge in [-0.15, -0.1) is 0 Å². The Kier molecular flexibility index (Phi) is 5.58. The number of amides is 1. The van der Waals surface area contributed by atoms with E-state index in [-0.39, 0.29) is 18.2 Å². The normalized spacial score (nSPS) is 17.5. The maximum atomic E-state index is 11.9. The van der Waals surface area contributed by atoms with Gasteiger partial charge in [-0.3, -0.25) is 4.68 Å². The van der Waals surface area contributed by atoms with E-state index in [1.807, 2.05) is 39.4 Å². The molecule has 6 nitrogen and oxygen atoms in total. The number of aromatic nitrogens is 2. The van der Waals surface area contributed by atoms with Crippen molar-refractivity contribution in [2.24, 2.45) is 13.0 Å². The Balaban J connectivity index is 1.95. The SMILES string of the molecule is Cc1nn(C)c(C)c1C(C)NC(CNC(=O)OC(C)(C)C)C1CC1. The van der Waals surface area contributed by atoms with Gasteiger partial charge in [0, 0.05) is 36.9 Å². The first-order valence-corrected chi connectivity index (χ1v) is 8.81. The fraction of sp³-hybridized carbons (Fsp3) is 0.778. The number of carbonyl (C=O) groups excluding carboxylic acids is 1. The van der Waals surface area contributed by atoms with Crippen molar-refractivity contribution in [2.45, 2.75) is 72.1 Å². The van der Waals surface area contributed by atoms with Gasteiger partial charge in [0.1, 0.15) is 5.60 Å². The molecule has 1 aromatic heterocycles. The van der Waals surface area contributed by atoms with Gasteiger partial charge in [-0.1, -0.05) is 0 Å². The van der Waals surface area contributed by atoms with Crippen molar-refractivity contribution < 1.29 is 9.53 Å². The molecule has 2 N–H and O–H groups in total. The van der Waals surface area contributed by atoms with Gasteiger partial charge in [0.05, 0.1) is 5.69 Å². The van der Waals surface area contributed by atoms with Crippen molar-refractivity contribution in [1.29, 1.82) is 0 Å². The van der Waals surface area contributed by atoms with Crippen LogP contribution in [0.25, 0.3) is 0 Å². The van der Waals surface area contributed by atoms with Crippen molar-refractivity contribution in [1.82, 2.24) is 20.4 Å². The number of hydrogen-bond donors (Lipinski definition) is 2. The molecule has 1 aromatic rings. The largest absolute Gasteiger partial charge is 0.444 e. The van der Waals surface area contributed by atoms with E-state index in [9.17, 15) is 4.79 Å². The molecule has 2 atom stereocenters. The second-order valence-corrected chi connectivity index (χ2v) is 7.92. The number of nitrogens with zero attached hydrogens (tertiary/aromatic N) is 2. The third-order valence-electron chi connectivity index (χ3n) is 4.52. The molecule has 2 unspecified atom stereocenters. The van der Waals surface area contributed by atoms with Crippen molar-refractivity contribution in [3.8, 4) is 0 Å². The Bertz CT molecular complexity index is 585. The van der Waals surface area contributed by atoms with Crippen LogP contribution in [0.15, 0.2) is 0 Å². The standard InChI is InChI=1S/C18H32N4O2/c1-11(16-12(2)21-22(7)13(16)3)20-15(14-8-9-14)10-19-17(23)24-18(4,5)6/h11,14-15,20H,8-10H2,1-7H3,(H,19,23). The summed E-state index contributed by atoms with van der Waals surface area (Å²) in [5.74, 6) is 0.625. The molecular formula is C18H32N4O2. The van der Waals surface area contributed by atoms with Crippen LogP contribution in [0.2, 0.25) is 0 Å². The third-order valence-corrected chi connectivity index (χ3v) is 4.52. The lowest BCUT2D eigenvalue weighted by molar-refractivity contribution is 0.0520.